The summed E-state index contributed by atoms with van der Waals surface area (Å²) in [7, 11) is 1.27. The number of carbonyl (C=O) groups is 2. The van der Waals surface area contributed by atoms with Crippen molar-refractivity contribution in [2.75, 3.05) is 13.7 Å². The fraction of sp³-hybridized carbons (Fsp3) is 0.750. The van der Waals surface area contributed by atoms with Gasteiger partial charge in [-0.1, -0.05) is 6.92 Å². The third-order valence-corrected chi connectivity index (χ3v) is 1.84. The molecule has 5 nitrogen and oxygen atoms in total. The molecule has 0 saturated carbocycles. The van der Waals surface area contributed by atoms with Crippen LogP contribution in [0.15, 0.2) is 0 Å². The first kappa shape index (κ1) is 11.9. The van der Waals surface area contributed by atoms with Gasteiger partial charge < -0.3 is 15.8 Å². The van der Waals surface area contributed by atoms with Gasteiger partial charge in [0.25, 0.3) is 0 Å². The van der Waals surface area contributed by atoms with Gasteiger partial charge in [-0.15, -0.1) is 0 Å². The van der Waals surface area contributed by atoms with Gasteiger partial charge in [0, 0.05) is 12.0 Å². The molecule has 0 saturated heterocycles. The molecule has 0 aliphatic heterocycles. The minimum absolute atomic E-state index is 0.105. The Morgan fingerprint density at radius 3 is 2.38 bits per heavy atom. The van der Waals surface area contributed by atoms with Crippen LogP contribution in [-0.4, -0.2) is 31.6 Å². The van der Waals surface area contributed by atoms with Gasteiger partial charge in [-0.3, -0.25) is 9.59 Å². The molecule has 0 aromatic carbocycles. The summed E-state index contributed by atoms with van der Waals surface area (Å²) in [5.74, 6) is -1.00. The molecule has 0 aromatic heterocycles. The molecule has 3 N–H and O–H groups in total. The van der Waals surface area contributed by atoms with Gasteiger partial charge in [0.2, 0.25) is 5.91 Å². The summed E-state index contributed by atoms with van der Waals surface area (Å²) in [5.41, 5.74) is 5.50. The highest BCUT2D eigenvalue weighted by Gasteiger charge is 2.17. The van der Waals surface area contributed by atoms with Gasteiger partial charge >= 0.3 is 5.97 Å². The number of nitrogens with one attached hydrogen (secondary N) is 1. The second-order valence-electron chi connectivity index (χ2n) is 2.94. The predicted octanol–water partition coefficient (Wildman–Crippen LogP) is -0.741. The van der Waals surface area contributed by atoms with E-state index in [1.54, 1.807) is 13.8 Å². The zero-order valence-corrected chi connectivity index (χ0v) is 8.16. The molecule has 0 aliphatic rings. The Bertz CT molecular complexity index is 192. The summed E-state index contributed by atoms with van der Waals surface area (Å²) in [6.07, 6.45) is 0. The third kappa shape index (κ3) is 4.47. The molecule has 0 aliphatic carbocycles. The number of hydrogen-bond donors (Lipinski definition) is 2. The molecule has 0 aromatic rings. The van der Waals surface area contributed by atoms with Gasteiger partial charge in [0.1, 0.15) is 6.54 Å². The number of carbonyl (C=O) groups excluding carboxylic acids is 2. The summed E-state index contributed by atoms with van der Waals surface area (Å²) in [6.45, 7) is 3.34. The van der Waals surface area contributed by atoms with E-state index in [0.29, 0.717) is 0 Å². The van der Waals surface area contributed by atoms with E-state index >= 15 is 0 Å². The molecule has 0 heterocycles. The fourth-order valence-electron chi connectivity index (χ4n) is 0.631. The maximum Gasteiger partial charge on any atom is 0.325 e. The van der Waals surface area contributed by atoms with E-state index in [2.05, 4.69) is 10.1 Å². The van der Waals surface area contributed by atoms with E-state index in [1.807, 2.05) is 0 Å². The lowest BCUT2D eigenvalue weighted by atomic mass is 10.0. The molecule has 2 unspecified atom stereocenters. The summed E-state index contributed by atoms with van der Waals surface area (Å²) in [4.78, 5) is 21.8. The zero-order chi connectivity index (χ0) is 10.4. The number of amides is 1. The van der Waals surface area contributed by atoms with Crippen LogP contribution in [0.25, 0.3) is 0 Å². The van der Waals surface area contributed by atoms with Gasteiger partial charge in [0.15, 0.2) is 0 Å². The monoisotopic (exact) mass is 188 g/mol. The van der Waals surface area contributed by atoms with Gasteiger partial charge in [-0.2, -0.15) is 0 Å². The van der Waals surface area contributed by atoms with Crippen LogP contribution in [0.2, 0.25) is 0 Å². The SMILES string of the molecule is COC(=O)CNC(=O)C(C)C(C)N. The predicted molar refractivity (Wildman–Crippen MR) is 47.8 cm³/mol. The molecule has 76 valence electrons. The highest BCUT2D eigenvalue weighted by Crippen LogP contribution is 1.98. The Kier molecular flexibility index (Phi) is 5.06. The number of ether oxygens (including phenoxy) is 1. The number of hydrogen-bond acceptors (Lipinski definition) is 4. The van der Waals surface area contributed by atoms with Crippen molar-refractivity contribution in [2.24, 2.45) is 11.7 Å². The number of methoxy groups -OCH3 is 1. The summed E-state index contributed by atoms with van der Waals surface area (Å²) in [5, 5.41) is 2.42. The Balaban J connectivity index is 3.81. The van der Waals surface area contributed by atoms with Crippen molar-refractivity contribution < 1.29 is 14.3 Å². The van der Waals surface area contributed by atoms with Crippen LogP contribution in [-0.2, 0) is 14.3 Å². The topological polar surface area (TPSA) is 81.4 Å². The Labute approximate surface area is 77.6 Å². The van der Waals surface area contributed by atoms with Crippen molar-refractivity contribution in [1.29, 1.82) is 0 Å². The van der Waals surface area contributed by atoms with Crippen LogP contribution >= 0.6 is 0 Å². The molecule has 0 rings (SSSR count). The van der Waals surface area contributed by atoms with Crippen molar-refractivity contribution in [1.82, 2.24) is 5.32 Å². The molecule has 5 heteroatoms. The Morgan fingerprint density at radius 1 is 1.46 bits per heavy atom. The molecule has 0 fully saturated rings. The smallest absolute Gasteiger partial charge is 0.325 e. The highest BCUT2D eigenvalue weighted by molar-refractivity contribution is 5.83. The molecular formula is C8H16N2O3. The molecule has 13 heavy (non-hydrogen) atoms. The van der Waals surface area contributed by atoms with Crippen molar-refractivity contribution in [2.45, 2.75) is 19.9 Å². The molecule has 0 spiro atoms. The Hall–Kier alpha value is -1.10. The van der Waals surface area contributed by atoms with E-state index < -0.39 is 5.97 Å². The number of esters is 1. The fourth-order valence-corrected chi connectivity index (χ4v) is 0.631. The van der Waals surface area contributed by atoms with Crippen LogP contribution in [0.5, 0.6) is 0 Å². The van der Waals surface area contributed by atoms with Crippen molar-refractivity contribution >= 4 is 11.9 Å². The van der Waals surface area contributed by atoms with Gasteiger partial charge in [0.05, 0.1) is 7.11 Å². The van der Waals surface area contributed by atoms with E-state index in [-0.39, 0.29) is 24.4 Å². The first-order valence-electron chi connectivity index (χ1n) is 4.09. The van der Waals surface area contributed by atoms with Crippen molar-refractivity contribution in [3.63, 3.8) is 0 Å². The summed E-state index contributed by atoms with van der Waals surface area (Å²) >= 11 is 0. The molecule has 0 radical (unpaired) electrons. The van der Waals surface area contributed by atoms with Crippen LogP contribution in [0.3, 0.4) is 0 Å². The minimum atomic E-state index is -0.467. The second kappa shape index (κ2) is 5.53. The molecule has 1 amide bonds. The van der Waals surface area contributed by atoms with Gasteiger partial charge in [-0.25, -0.2) is 0 Å². The molecular weight excluding hydrogens is 172 g/mol. The van der Waals surface area contributed by atoms with E-state index in [0.717, 1.165) is 0 Å². The van der Waals surface area contributed by atoms with Crippen LogP contribution in [0.4, 0.5) is 0 Å². The van der Waals surface area contributed by atoms with E-state index in [4.69, 9.17) is 5.73 Å². The third-order valence-electron chi connectivity index (χ3n) is 1.84. The normalized spacial score (nSPS) is 14.5. The first-order valence-corrected chi connectivity index (χ1v) is 4.09. The largest absolute Gasteiger partial charge is 0.468 e. The lowest BCUT2D eigenvalue weighted by Crippen LogP contribution is -2.40. The van der Waals surface area contributed by atoms with Crippen molar-refractivity contribution in [3.8, 4) is 0 Å². The van der Waals surface area contributed by atoms with E-state index in [9.17, 15) is 9.59 Å². The number of rotatable bonds is 4. The highest BCUT2D eigenvalue weighted by atomic mass is 16.5. The summed E-state index contributed by atoms with van der Waals surface area (Å²) in [6, 6.07) is -0.224. The average Bonchev–Trinajstić information content (AvgIpc) is 2.11. The molecule has 2 atom stereocenters. The second-order valence-corrected chi connectivity index (χ2v) is 2.94. The minimum Gasteiger partial charge on any atom is -0.468 e. The van der Waals surface area contributed by atoms with E-state index in [1.165, 1.54) is 7.11 Å². The first-order chi connectivity index (χ1) is 5.99. The average molecular weight is 188 g/mol. The molecule has 0 bridgehead atoms. The van der Waals surface area contributed by atoms with Gasteiger partial charge in [-0.05, 0) is 6.92 Å². The van der Waals surface area contributed by atoms with Crippen molar-refractivity contribution in [3.05, 3.63) is 0 Å². The Morgan fingerprint density at radius 2 is 2.00 bits per heavy atom. The van der Waals surface area contributed by atoms with Crippen LogP contribution in [0, 0.1) is 5.92 Å². The quantitative estimate of drug-likeness (QED) is 0.569. The lowest BCUT2D eigenvalue weighted by molar-refractivity contribution is -0.141. The maximum absolute atomic E-state index is 11.2. The number of nitrogens with two attached hydrogens (primary N) is 1. The standard InChI is InChI=1S/C8H16N2O3/c1-5(6(2)9)8(12)10-4-7(11)13-3/h5-6H,4,9H2,1-3H3,(H,10,12). The lowest BCUT2D eigenvalue weighted by Gasteiger charge is -2.14. The van der Waals surface area contributed by atoms with Crippen LogP contribution in [0.1, 0.15) is 13.8 Å². The summed E-state index contributed by atoms with van der Waals surface area (Å²) < 4.78 is 4.36. The van der Waals surface area contributed by atoms with Crippen LogP contribution < -0.4 is 11.1 Å². The maximum atomic E-state index is 11.2. The zero-order valence-electron chi connectivity index (χ0n) is 8.16.